The van der Waals surface area contributed by atoms with Crippen molar-refractivity contribution in [3.8, 4) is 0 Å². The van der Waals surface area contributed by atoms with Crippen LogP contribution in [0.5, 0.6) is 0 Å². The molecule has 3 rings (SSSR count). The fraction of sp³-hybridized carbons (Fsp3) is 0.150. The van der Waals surface area contributed by atoms with Gasteiger partial charge in [-0.05, 0) is 40.8 Å². The standard InChI is InChI=1S/C20H20N2O3S2/c1-14(23)22-19-12-17(10-11-20(19)26-2)27(24,25)21-13-16-8-5-7-15-6-3-4-9-18(15)16/h3-12,21H,13H2,1-2H3,(H,22,23). The Morgan fingerprint density at radius 2 is 1.78 bits per heavy atom. The molecule has 0 saturated heterocycles. The molecule has 0 aliphatic rings. The van der Waals surface area contributed by atoms with Gasteiger partial charge in [-0.25, -0.2) is 13.1 Å². The molecule has 27 heavy (non-hydrogen) atoms. The zero-order chi connectivity index (χ0) is 19.4. The van der Waals surface area contributed by atoms with Gasteiger partial charge in [0.05, 0.1) is 10.6 Å². The largest absolute Gasteiger partial charge is 0.325 e. The van der Waals surface area contributed by atoms with Gasteiger partial charge in [0.15, 0.2) is 0 Å². The normalized spacial score (nSPS) is 11.5. The first-order chi connectivity index (χ1) is 12.9. The van der Waals surface area contributed by atoms with E-state index in [2.05, 4.69) is 10.0 Å². The topological polar surface area (TPSA) is 75.3 Å². The Morgan fingerprint density at radius 3 is 2.52 bits per heavy atom. The smallest absolute Gasteiger partial charge is 0.240 e. The quantitative estimate of drug-likeness (QED) is 0.613. The van der Waals surface area contributed by atoms with Gasteiger partial charge in [-0.3, -0.25) is 4.79 Å². The number of benzene rings is 3. The molecule has 0 heterocycles. The first kappa shape index (κ1) is 19.4. The van der Waals surface area contributed by atoms with Gasteiger partial charge in [0.2, 0.25) is 15.9 Å². The van der Waals surface area contributed by atoms with Crippen LogP contribution in [0.15, 0.2) is 70.5 Å². The Morgan fingerprint density at radius 1 is 1.04 bits per heavy atom. The average Bonchev–Trinajstić information content (AvgIpc) is 2.66. The summed E-state index contributed by atoms with van der Waals surface area (Å²) >= 11 is 1.44. The third kappa shape index (κ3) is 4.50. The molecule has 7 heteroatoms. The summed E-state index contributed by atoms with van der Waals surface area (Å²) in [6, 6.07) is 18.4. The number of hydrogen-bond acceptors (Lipinski definition) is 4. The van der Waals surface area contributed by atoms with Gasteiger partial charge < -0.3 is 5.32 Å². The van der Waals surface area contributed by atoms with Crippen molar-refractivity contribution in [2.75, 3.05) is 11.6 Å². The van der Waals surface area contributed by atoms with Gasteiger partial charge in [-0.1, -0.05) is 42.5 Å². The number of carbonyl (C=O) groups excluding carboxylic acids is 1. The first-order valence-electron chi connectivity index (χ1n) is 8.32. The maximum atomic E-state index is 12.7. The van der Waals surface area contributed by atoms with Crippen molar-refractivity contribution in [3.05, 3.63) is 66.2 Å². The van der Waals surface area contributed by atoms with Crippen LogP contribution >= 0.6 is 11.8 Å². The molecule has 0 spiro atoms. The average molecular weight is 401 g/mol. The van der Waals surface area contributed by atoms with E-state index < -0.39 is 10.0 Å². The zero-order valence-corrected chi connectivity index (χ0v) is 16.7. The number of anilines is 1. The molecule has 0 bridgehead atoms. The van der Waals surface area contributed by atoms with Gasteiger partial charge in [0, 0.05) is 18.4 Å². The Balaban J connectivity index is 1.87. The molecule has 0 unspecified atom stereocenters. The third-order valence-corrected chi connectivity index (χ3v) is 6.32. The second kappa shape index (κ2) is 8.12. The summed E-state index contributed by atoms with van der Waals surface area (Å²) in [4.78, 5) is 12.3. The number of rotatable bonds is 6. The minimum absolute atomic E-state index is 0.115. The lowest BCUT2D eigenvalue weighted by Crippen LogP contribution is -2.23. The summed E-state index contributed by atoms with van der Waals surface area (Å²) in [5.41, 5.74) is 1.39. The highest BCUT2D eigenvalue weighted by Crippen LogP contribution is 2.28. The van der Waals surface area contributed by atoms with Crippen molar-refractivity contribution in [1.29, 1.82) is 0 Å². The first-order valence-corrected chi connectivity index (χ1v) is 11.0. The summed E-state index contributed by atoms with van der Waals surface area (Å²) in [6.07, 6.45) is 1.87. The summed E-state index contributed by atoms with van der Waals surface area (Å²) in [5.74, 6) is -0.247. The van der Waals surface area contributed by atoms with Crippen molar-refractivity contribution < 1.29 is 13.2 Å². The summed E-state index contributed by atoms with van der Waals surface area (Å²) in [5, 5.41) is 4.76. The van der Waals surface area contributed by atoms with E-state index in [1.165, 1.54) is 24.8 Å². The Labute approximate surface area is 163 Å². The SMILES string of the molecule is CSc1ccc(S(=O)(=O)NCc2cccc3ccccc23)cc1NC(C)=O. The lowest BCUT2D eigenvalue weighted by molar-refractivity contribution is -0.114. The van der Waals surface area contributed by atoms with Gasteiger partial charge in [0.25, 0.3) is 0 Å². The van der Waals surface area contributed by atoms with Crippen LogP contribution in [0.25, 0.3) is 10.8 Å². The van der Waals surface area contributed by atoms with E-state index in [9.17, 15) is 13.2 Å². The van der Waals surface area contributed by atoms with E-state index in [1.54, 1.807) is 12.1 Å². The number of nitrogens with one attached hydrogen (secondary N) is 2. The number of thioether (sulfide) groups is 1. The monoisotopic (exact) mass is 400 g/mol. The lowest BCUT2D eigenvalue weighted by atomic mass is 10.1. The highest BCUT2D eigenvalue weighted by Gasteiger charge is 2.17. The zero-order valence-electron chi connectivity index (χ0n) is 15.0. The van der Waals surface area contributed by atoms with Crippen LogP contribution in [-0.4, -0.2) is 20.6 Å². The second-order valence-corrected chi connectivity index (χ2v) is 8.62. The molecule has 2 N–H and O–H groups in total. The number of carbonyl (C=O) groups is 1. The Kier molecular flexibility index (Phi) is 5.84. The highest BCUT2D eigenvalue weighted by molar-refractivity contribution is 7.98. The fourth-order valence-corrected chi connectivity index (χ4v) is 4.41. The molecular weight excluding hydrogens is 380 g/mol. The van der Waals surface area contributed by atoms with Crippen molar-refractivity contribution in [1.82, 2.24) is 4.72 Å². The molecule has 140 valence electrons. The predicted molar refractivity (Wildman–Crippen MR) is 111 cm³/mol. The molecule has 0 radical (unpaired) electrons. The molecular formula is C20H20N2O3S2. The van der Waals surface area contributed by atoms with E-state index in [0.29, 0.717) is 5.69 Å². The molecule has 0 aromatic heterocycles. The molecule has 3 aromatic carbocycles. The third-order valence-electron chi connectivity index (χ3n) is 4.12. The fourth-order valence-electron chi connectivity index (χ4n) is 2.84. The summed E-state index contributed by atoms with van der Waals surface area (Å²) < 4.78 is 28.2. The number of sulfonamides is 1. The number of fused-ring (bicyclic) bond motifs is 1. The maximum absolute atomic E-state index is 12.7. The van der Waals surface area contributed by atoms with E-state index in [0.717, 1.165) is 21.2 Å². The van der Waals surface area contributed by atoms with E-state index in [-0.39, 0.29) is 17.3 Å². The van der Waals surface area contributed by atoms with Crippen molar-refractivity contribution in [2.45, 2.75) is 23.3 Å². The van der Waals surface area contributed by atoms with Crippen LogP contribution in [0.1, 0.15) is 12.5 Å². The maximum Gasteiger partial charge on any atom is 0.240 e. The highest BCUT2D eigenvalue weighted by atomic mass is 32.2. The van der Waals surface area contributed by atoms with Gasteiger partial charge in [-0.2, -0.15) is 0 Å². The van der Waals surface area contributed by atoms with Crippen molar-refractivity contribution >= 4 is 44.2 Å². The molecule has 0 aliphatic heterocycles. The Hall–Kier alpha value is -2.35. The van der Waals surface area contributed by atoms with Gasteiger partial charge in [0.1, 0.15) is 0 Å². The molecule has 1 amide bonds. The van der Waals surface area contributed by atoms with Crippen LogP contribution < -0.4 is 10.0 Å². The minimum atomic E-state index is -3.72. The molecule has 0 atom stereocenters. The summed E-state index contributed by atoms with van der Waals surface area (Å²) in [7, 11) is -3.72. The lowest BCUT2D eigenvalue weighted by Gasteiger charge is -2.12. The van der Waals surface area contributed by atoms with Crippen LogP contribution in [0.2, 0.25) is 0 Å². The minimum Gasteiger partial charge on any atom is -0.325 e. The van der Waals surface area contributed by atoms with Crippen LogP contribution in [0.3, 0.4) is 0 Å². The number of hydrogen-bond donors (Lipinski definition) is 2. The van der Waals surface area contributed by atoms with Crippen LogP contribution in [0, 0.1) is 0 Å². The van der Waals surface area contributed by atoms with Gasteiger partial charge in [-0.15, -0.1) is 11.8 Å². The van der Waals surface area contributed by atoms with E-state index in [1.807, 2.05) is 48.7 Å². The Bertz CT molecular complexity index is 1090. The molecule has 3 aromatic rings. The second-order valence-electron chi connectivity index (χ2n) is 6.01. The van der Waals surface area contributed by atoms with Crippen molar-refractivity contribution in [2.24, 2.45) is 0 Å². The van der Waals surface area contributed by atoms with Gasteiger partial charge >= 0.3 is 0 Å². The molecule has 0 aliphatic carbocycles. The molecule has 0 saturated carbocycles. The molecule has 5 nitrogen and oxygen atoms in total. The number of amides is 1. The van der Waals surface area contributed by atoms with Crippen LogP contribution in [0.4, 0.5) is 5.69 Å². The van der Waals surface area contributed by atoms with E-state index in [4.69, 9.17) is 0 Å². The molecule has 0 fully saturated rings. The predicted octanol–water partition coefficient (Wildman–Crippen LogP) is 4.00. The van der Waals surface area contributed by atoms with Crippen molar-refractivity contribution in [3.63, 3.8) is 0 Å². The van der Waals surface area contributed by atoms with E-state index >= 15 is 0 Å². The van der Waals surface area contributed by atoms with Crippen LogP contribution in [-0.2, 0) is 21.4 Å². The summed E-state index contributed by atoms with van der Waals surface area (Å²) in [6.45, 7) is 1.58.